The number of fused-ring (bicyclic) bond motifs is 1. The molecule has 30 heavy (non-hydrogen) atoms. The number of nitrogens with one attached hydrogen (secondary N) is 1. The van der Waals surface area contributed by atoms with Crippen LogP contribution < -0.4 is 16.0 Å². The number of aromatic nitrogens is 2. The topological polar surface area (TPSA) is 117 Å². The van der Waals surface area contributed by atoms with E-state index in [1.165, 1.54) is 0 Å². The molecule has 8 heteroatoms. The highest BCUT2D eigenvalue weighted by atomic mass is 16.5. The Morgan fingerprint density at radius 2 is 1.90 bits per heavy atom. The summed E-state index contributed by atoms with van der Waals surface area (Å²) in [5.41, 5.74) is 8.80. The number of hydrogen-bond donors (Lipinski definition) is 2. The molecule has 152 valence electrons. The monoisotopic (exact) mass is 402 g/mol. The lowest BCUT2D eigenvalue weighted by Crippen LogP contribution is -2.44. The molecule has 1 unspecified atom stereocenters. The van der Waals surface area contributed by atoms with E-state index in [1.54, 1.807) is 18.2 Å². The van der Waals surface area contributed by atoms with Gasteiger partial charge in [-0.15, -0.1) is 0 Å². The molecule has 1 saturated heterocycles. The van der Waals surface area contributed by atoms with Gasteiger partial charge in [-0.1, -0.05) is 24.3 Å². The number of benzene rings is 2. The Labute approximate surface area is 174 Å². The number of anilines is 2. The lowest BCUT2D eigenvalue weighted by molar-refractivity contribution is -0.145. The molecule has 0 amide bonds. The van der Waals surface area contributed by atoms with Crippen LogP contribution in [-0.4, -0.2) is 42.1 Å². The van der Waals surface area contributed by atoms with Gasteiger partial charge in [0.25, 0.3) is 0 Å². The maximum atomic E-state index is 12.8. The first-order valence-electron chi connectivity index (χ1n) is 9.79. The number of esters is 1. The van der Waals surface area contributed by atoms with Crippen LogP contribution in [0.15, 0.2) is 48.5 Å². The Bertz CT molecular complexity index is 1100. The normalized spacial score (nSPS) is 14.8. The summed E-state index contributed by atoms with van der Waals surface area (Å²) in [6.45, 7) is 3.06. The summed E-state index contributed by atoms with van der Waals surface area (Å²) in [5, 5.41) is 13.1. The molecular weight excluding hydrogens is 380 g/mol. The third kappa shape index (κ3) is 4.16. The molecule has 0 saturated carbocycles. The van der Waals surface area contributed by atoms with Gasteiger partial charge >= 0.3 is 5.97 Å². The molecule has 3 N–H and O–H groups in total. The molecule has 0 spiro atoms. The standard InChI is InChI=1S/C22H22N6O2/c23-13-17(22(29)30-14-15-4-3-5-16(24)12-15)20-21(28-10-8-25-9-11-28)27-19-7-2-1-6-18(19)26-20/h1-7,12,17,25H,8-11,14,24H2. The lowest BCUT2D eigenvalue weighted by atomic mass is 10.1. The molecule has 0 radical (unpaired) electrons. The number of piperazine rings is 1. The van der Waals surface area contributed by atoms with Crippen LogP contribution in [0.3, 0.4) is 0 Å². The molecule has 1 aliphatic heterocycles. The molecule has 1 aliphatic rings. The van der Waals surface area contributed by atoms with Crippen LogP contribution in [0.1, 0.15) is 17.2 Å². The molecule has 4 rings (SSSR count). The Morgan fingerprint density at radius 1 is 1.17 bits per heavy atom. The summed E-state index contributed by atoms with van der Waals surface area (Å²) < 4.78 is 5.43. The molecule has 2 aromatic carbocycles. The Kier molecular flexibility index (Phi) is 5.72. The van der Waals surface area contributed by atoms with Crippen molar-refractivity contribution in [1.29, 1.82) is 5.26 Å². The first kappa shape index (κ1) is 19.6. The summed E-state index contributed by atoms with van der Waals surface area (Å²) in [4.78, 5) is 24.3. The van der Waals surface area contributed by atoms with E-state index in [0.29, 0.717) is 22.7 Å². The fraction of sp³-hybridized carbons (Fsp3) is 0.273. The van der Waals surface area contributed by atoms with Crippen LogP contribution in [0, 0.1) is 11.3 Å². The van der Waals surface area contributed by atoms with E-state index in [-0.39, 0.29) is 6.61 Å². The molecule has 0 aliphatic carbocycles. The quantitative estimate of drug-likeness (QED) is 0.491. The van der Waals surface area contributed by atoms with Gasteiger partial charge in [0.1, 0.15) is 12.3 Å². The minimum atomic E-state index is -1.17. The maximum absolute atomic E-state index is 12.8. The minimum Gasteiger partial charge on any atom is -0.460 e. The number of carbonyl (C=O) groups is 1. The van der Waals surface area contributed by atoms with E-state index in [0.717, 1.165) is 37.3 Å². The van der Waals surface area contributed by atoms with Crippen LogP contribution in [0.5, 0.6) is 0 Å². The highest BCUT2D eigenvalue weighted by Crippen LogP contribution is 2.28. The van der Waals surface area contributed by atoms with Crippen LogP contribution in [-0.2, 0) is 16.1 Å². The molecule has 3 aromatic rings. The van der Waals surface area contributed by atoms with E-state index in [1.807, 2.05) is 30.3 Å². The van der Waals surface area contributed by atoms with Gasteiger partial charge in [0, 0.05) is 31.9 Å². The van der Waals surface area contributed by atoms with Crippen LogP contribution in [0.25, 0.3) is 11.0 Å². The summed E-state index contributed by atoms with van der Waals surface area (Å²) >= 11 is 0. The Hall–Kier alpha value is -3.70. The summed E-state index contributed by atoms with van der Waals surface area (Å²) in [6, 6.07) is 16.6. The highest BCUT2D eigenvalue weighted by Gasteiger charge is 2.30. The predicted molar refractivity (Wildman–Crippen MR) is 114 cm³/mol. The molecule has 0 bridgehead atoms. The van der Waals surface area contributed by atoms with Gasteiger partial charge in [-0.25, -0.2) is 9.97 Å². The lowest BCUT2D eigenvalue weighted by Gasteiger charge is -2.30. The third-order valence-electron chi connectivity index (χ3n) is 4.96. The predicted octanol–water partition coefficient (Wildman–Crippen LogP) is 1.97. The molecule has 1 atom stereocenters. The second-order valence-electron chi connectivity index (χ2n) is 7.07. The van der Waals surface area contributed by atoms with Gasteiger partial charge < -0.3 is 20.7 Å². The Morgan fingerprint density at radius 3 is 2.60 bits per heavy atom. The average Bonchev–Trinajstić information content (AvgIpc) is 2.78. The maximum Gasteiger partial charge on any atom is 0.330 e. The van der Waals surface area contributed by atoms with Gasteiger partial charge in [-0.2, -0.15) is 5.26 Å². The van der Waals surface area contributed by atoms with Gasteiger partial charge in [0.15, 0.2) is 11.7 Å². The van der Waals surface area contributed by atoms with Crippen molar-refractivity contribution in [2.45, 2.75) is 12.5 Å². The van der Waals surface area contributed by atoms with E-state index in [9.17, 15) is 10.1 Å². The molecule has 1 aromatic heterocycles. The van der Waals surface area contributed by atoms with Gasteiger partial charge in [0.2, 0.25) is 0 Å². The number of nitrogens with two attached hydrogens (primary N) is 1. The summed E-state index contributed by atoms with van der Waals surface area (Å²) in [6.07, 6.45) is 0. The number of rotatable bonds is 5. The number of para-hydroxylation sites is 2. The zero-order valence-electron chi connectivity index (χ0n) is 16.4. The van der Waals surface area contributed by atoms with E-state index < -0.39 is 11.9 Å². The van der Waals surface area contributed by atoms with Gasteiger partial charge in [-0.05, 0) is 29.8 Å². The zero-order chi connectivity index (χ0) is 20.9. The fourth-order valence-electron chi connectivity index (χ4n) is 3.45. The molecule has 1 fully saturated rings. The number of nitrogen functional groups attached to an aromatic ring is 1. The van der Waals surface area contributed by atoms with Gasteiger partial charge in [-0.3, -0.25) is 4.79 Å². The highest BCUT2D eigenvalue weighted by molar-refractivity contribution is 5.85. The number of ether oxygens (including phenoxy) is 1. The molecular formula is C22H22N6O2. The molecule has 8 nitrogen and oxygen atoms in total. The third-order valence-corrected chi connectivity index (χ3v) is 4.96. The van der Waals surface area contributed by atoms with E-state index in [4.69, 9.17) is 15.5 Å². The van der Waals surface area contributed by atoms with Crippen molar-refractivity contribution < 1.29 is 9.53 Å². The number of hydrogen-bond acceptors (Lipinski definition) is 8. The van der Waals surface area contributed by atoms with Crippen LogP contribution in [0.4, 0.5) is 11.5 Å². The largest absolute Gasteiger partial charge is 0.460 e. The van der Waals surface area contributed by atoms with Crippen molar-refractivity contribution >= 4 is 28.5 Å². The minimum absolute atomic E-state index is 0.0338. The Balaban J connectivity index is 1.65. The first-order valence-corrected chi connectivity index (χ1v) is 9.79. The summed E-state index contributed by atoms with van der Waals surface area (Å²) in [5.74, 6) is -1.27. The van der Waals surface area contributed by atoms with Crippen LogP contribution >= 0.6 is 0 Å². The summed E-state index contributed by atoms with van der Waals surface area (Å²) in [7, 11) is 0. The number of carbonyl (C=O) groups excluding carboxylic acids is 1. The van der Waals surface area contributed by atoms with Crippen LogP contribution in [0.2, 0.25) is 0 Å². The number of nitriles is 1. The van der Waals surface area contributed by atoms with Crippen molar-refractivity contribution in [1.82, 2.24) is 15.3 Å². The van der Waals surface area contributed by atoms with Gasteiger partial charge in [0.05, 0.1) is 17.1 Å². The first-order chi connectivity index (χ1) is 14.7. The zero-order valence-corrected chi connectivity index (χ0v) is 16.4. The van der Waals surface area contributed by atoms with E-state index in [2.05, 4.69) is 21.3 Å². The second-order valence-corrected chi connectivity index (χ2v) is 7.07. The average molecular weight is 402 g/mol. The van der Waals surface area contributed by atoms with Crippen molar-refractivity contribution in [3.63, 3.8) is 0 Å². The van der Waals surface area contributed by atoms with Crippen molar-refractivity contribution in [3.05, 3.63) is 59.8 Å². The van der Waals surface area contributed by atoms with Crippen molar-refractivity contribution in [2.75, 3.05) is 36.8 Å². The van der Waals surface area contributed by atoms with E-state index >= 15 is 0 Å². The fourth-order valence-corrected chi connectivity index (χ4v) is 3.45. The SMILES string of the molecule is N#CC(C(=O)OCc1cccc(N)c1)c1nc2ccccc2nc1N1CCNCC1. The smallest absolute Gasteiger partial charge is 0.330 e. The number of nitrogens with zero attached hydrogens (tertiary/aromatic N) is 4. The second kappa shape index (κ2) is 8.76. The van der Waals surface area contributed by atoms with Crippen molar-refractivity contribution in [3.8, 4) is 6.07 Å². The van der Waals surface area contributed by atoms with Crippen molar-refractivity contribution in [2.24, 2.45) is 0 Å². The molecule has 2 heterocycles.